The summed E-state index contributed by atoms with van der Waals surface area (Å²) in [6.45, 7) is 1.70. The molecule has 28 heavy (non-hydrogen) atoms. The molecule has 0 atom stereocenters. The number of carboxylic acid groups (broad SMARTS) is 1. The van der Waals surface area contributed by atoms with E-state index in [-0.39, 0.29) is 32.9 Å². The molecule has 0 unspecified atom stereocenters. The van der Waals surface area contributed by atoms with Crippen LogP contribution in [0, 0.1) is 5.82 Å². The van der Waals surface area contributed by atoms with Gasteiger partial charge in [0.15, 0.2) is 9.84 Å². The summed E-state index contributed by atoms with van der Waals surface area (Å²) in [5.74, 6) is -2.47. The summed E-state index contributed by atoms with van der Waals surface area (Å²) < 4.78 is 40.2. The van der Waals surface area contributed by atoms with Crippen molar-refractivity contribution in [2.45, 2.75) is 18.2 Å². The van der Waals surface area contributed by atoms with Crippen LogP contribution in [-0.2, 0) is 16.3 Å². The molecule has 0 bridgehead atoms. The Morgan fingerprint density at radius 2 is 1.96 bits per heavy atom. The first-order valence-electron chi connectivity index (χ1n) is 8.04. The normalized spacial score (nSPS) is 11.7. The minimum absolute atomic E-state index is 0.0335. The van der Waals surface area contributed by atoms with Gasteiger partial charge in [0, 0.05) is 11.3 Å². The number of carboxylic acids is 1. The lowest BCUT2D eigenvalue weighted by Crippen LogP contribution is -2.24. The number of carbonyl (C=O) groups is 1. The Bertz CT molecular complexity index is 1300. The van der Waals surface area contributed by atoms with E-state index in [2.05, 4.69) is 5.10 Å². The van der Waals surface area contributed by atoms with E-state index in [9.17, 15) is 27.5 Å². The number of rotatable bonds is 4. The van der Waals surface area contributed by atoms with Gasteiger partial charge >= 0.3 is 5.97 Å². The molecule has 0 amide bonds. The SMILES string of the molecule is CCc1ccc2c(c1S(C)(=O)=O)c(=O)c(C(=O)O)nn2-c1ccc(Cl)cc1F. The van der Waals surface area contributed by atoms with Crippen molar-refractivity contribution in [2.24, 2.45) is 0 Å². The molecule has 0 aliphatic heterocycles. The lowest BCUT2D eigenvalue weighted by Gasteiger charge is -2.15. The molecular weight excluding hydrogens is 411 g/mol. The molecule has 3 rings (SSSR count). The molecule has 0 spiro atoms. The fourth-order valence-corrected chi connectivity index (χ4v) is 4.42. The minimum atomic E-state index is -3.90. The van der Waals surface area contributed by atoms with Crippen LogP contribution in [0.4, 0.5) is 4.39 Å². The van der Waals surface area contributed by atoms with E-state index in [1.165, 1.54) is 24.3 Å². The Morgan fingerprint density at radius 3 is 2.50 bits per heavy atom. The maximum Gasteiger partial charge on any atom is 0.360 e. The zero-order chi connectivity index (χ0) is 20.8. The van der Waals surface area contributed by atoms with E-state index in [0.717, 1.165) is 17.0 Å². The predicted molar refractivity (Wildman–Crippen MR) is 102 cm³/mol. The summed E-state index contributed by atoms with van der Waals surface area (Å²) >= 11 is 5.76. The zero-order valence-corrected chi connectivity index (χ0v) is 16.3. The smallest absolute Gasteiger partial charge is 0.360 e. The number of hydrogen-bond acceptors (Lipinski definition) is 5. The molecule has 0 saturated heterocycles. The Kier molecular flexibility index (Phi) is 4.99. The number of aryl methyl sites for hydroxylation is 1. The van der Waals surface area contributed by atoms with Crippen molar-refractivity contribution >= 4 is 38.3 Å². The molecule has 1 heterocycles. The van der Waals surface area contributed by atoms with Gasteiger partial charge in [0.2, 0.25) is 11.1 Å². The highest BCUT2D eigenvalue weighted by molar-refractivity contribution is 7.91. The van der Waals surface area contributed by atoms with E-state index in [1.54, 1.807) is 6.92 Å². The van der Waals surface area contributed by atoms with Crippen LogP contribution >= 0.6 is 11.6 Å². The van der Waals surface area contributed by atoms with Crippen LogP contribution in [-0.4, -0.2) is 35.5 Å². The van der Waals surface area contributed by atoms with Gasteiger partial charge in [-0.1, -0.05) is 24.6 Å². The number of halogens is 2. The molecule has 0 radical (unpaired) electrons. The number of sulfone groups is 1. The monoisotopic (exact) mass is 424 g/mol. The molecule has 1 aromatic heterocycles. The molecular formula is C18H14ClFN2O5S. The molecule has 1 N–H and O–H groups in total. The van der Waals surface area contributed by atoms with Crippen LogP contribution in [0.5, 0.6) is 0 Å². The van der Waals surface area contributed by atoms with Gasteiger partial charge in [0.1, 0.15) is 11.5 Å². The second-order valence-corrected chi connectivity index (χ2v) is 8.45. The molecule has 0 aliphatic rings. The molecule has 3 aromatic rings. The van der Waals surface area contributed by atoms with Crippen LogP contribution in [0.15, 0.2) is 40.0 Å². The van der Waals surface area contributed by atoms with Crippen LogP contribution < -0.4 is 5.43 Å². The number of nitrogens with zero attached hydrogens (tertiary/aromatic N) is 2. The third kappa shape index (κ3) is 3.27. The fourth-order valence-electron chi connectivity index (χ4n) is 3.01. The van der Waals surface area contributed by atoms with E-state index >= 15 is 0 Å². The van der Waals surface area contributed by atoms with Gasteiger partial charge < -0.3 is 5.11 Å². The number of benzene rings is 2. The largest absolute Gasteiger partial charge is 0.476 e. The summed E-state index contributed by atoms with van der Waals surface area (Å²) in [6.07, 6.45) is 1.21. The molecule has 0 fully saturated rings. The highest BCUT2D eigenvalue weighted by Crippen LogP contribution is 2.28. The maximum atomic E-state index is 14.5. The first-order chi connectivity index (χ1) is 13.1. The third-order valence-electron chi connectivity index (χ3n) is 4.18. The van der Waals surface area contributed by atoms with Gasteiger partial charge in [-0.05, 0) is 36.2 Å². The van der Waals surface area contributed by atoms with Crippen molar-refractivity contribution in [1.82, 2.24) is 9.78 Å². The van der Waals surface area contributed by atoms with Crippen LogP contribution in [0.3, 0.4) is 0 Å². The highest BCUT2D eigenvalue weighted by Gasteiger charge is 2.26. The molecule has 2 aromatic carbocycles. The Morgan fingerprint density at radius 1 is 1.29 bits per heavy atom. The van der Waals surface area contributed by atoms with Crippen molar-refractivity contribution in [1.29, 1.82) is 0 Å². The second-order valence-electron chi connectivity index (χ2n) is 6.06. The fraction of sp³-hybridized carbons (Fsp3) is 0.167. The second kappa shape index (κ2) is 6.99. The zero-order valence-electron chi connectivity index (χ0n) is 14.7. The maximum absolute atomic E-state index is 14.5. The molecule has 7 nitrogen and oxygen atoms in total. The van der Waals surface area contributed by atoms with E-state index in [0.29, 0.717) is 5.56 Å². The summed E-state index contributed by atoms with van der Waals surface area (Å²) in [5.41, 5.74) is -1.84. The standard InChI is InChI=1S/C18H14ClFN2O5S/c1-3-9-4-6-13-14(17(9)28(2,26)27)16(23)15(18(24)25)21-22(13)12-7-5-10(19)8-11(12)20/h4-8H,3H2,1-2H3,(H,24,25). The van der Waals surface area contributed by atoms with E-state index in [1.807, 2.05) is 0 Å². The number of aromatic carboxylic acids is 1. The minimum Gasteiger partial charge on any atom is -0.476 e. The van der Waals surface area contributed by atoms with Crippen molar-refractivity contribution < 1.29 is 22.7 Å². The first-order valence-corrected chi connectivity index (χ1v) is 10.3. The summed E-state index contributed by atoms with van der Waals surface area (Å²) in [6, 6.07) is 6.53. The number of aromatic nitrogens is 2. The van der Waals surface area contributed by atoms with Crippen molar-refractivity contribution in [3.63, 3.8) is 0 Å². The van der Waals surface area contributed by atoms with Gasteiger partial charge in [-0.15, -0.1) is 0 Å². The van der Waals surface area contributed by atoms with Crippen molar-refractivity contribution in [2.75, 3.05) is 6.26 Å². The van der Waals surface area contributed by atoms with E-state index < -0.39 is 32.7 Å². The molecule has 0 saturated carbocycles. The molecule has 10 heteroatoms. The van der Waals surface area contributed by atoms with Crippen LogP contribution in [0.1, 0.15) is 23.0 Å². The quantitative estimate of drug-likeness (QED) is 0.690. The summed E-state index contributed by atoms with van der Waals surface area (Å²) in [5, 5.41) is 12.9. The Balaban J connectivity index is 2.63. The summed E-state index contributed by atoms with van der Waals surface area (Å²) in [7, 11) is -3.90. The van der Waals surface area contributed by atoms with Crippen LogP contribution in [0.25, 0.3) is 16.6 Å². The number of fused-ring (bicyclic) bond motifs is 1. The average molecular weight is 425 g/mol. The van der Waals surface area contributed by atoms with Crippen molar-refractivity contribution in [3.05, 3.63) is 62.7 Å². The van der Waals surface area contributed by atoms with Gasteiger partial charge in [-0.3, -0.25) is 4.79 Å². The highest BCUT2D eigenvalue weighted by atomic mass is 35.5. The average Bonchev–Trinajstić information content (AvgIpc) is 2.60. The van der Waals surface area contributed by atoms with Gasteiger partial charge in [-0.25, -0.2) is 22.3 Å². The van der Waals surface area contributed by atoms with Crippen molar-refractivity contribution in [3.8, 4) is 5.69 Å². The Labute approximate surface area is 163 Å². The Hall–Kier alpha value is -2.78. The first kappa shape index (κ1) is 20.0. The lowest BCUT2D eigenvalue weighted by molar-refractivity contribution is 0.0687. The lowest BCUT2D eigenvalue weighted by atomic mass is 10.1. The van der Waals surface area contributed by atoms with Gasteiger partial charge in [-0.2, -0.15) is 5.10 Å². The molecule has 146 valence electrons. The summed E-state index contributed by atoms with van der Waals surface area (Å²) in [4.78, 5) is 24.1. The number of hydrogen-bond donors (Lipinski definition) is 1. The predicted octanol–water partition coefficient (Wildman–Crippen LogP) is 2.84. The topological polar surface area (TPSA) is 106 Å². The molecule has 0 aliphatic carbocycles. The van der Waals surface area contributed by atoms with Gasteiger partial charge in [0.05, 0.1) is 15.8 Å². The third-order valence-corrected chi connectivity index (χ3v) is 5.62. The van der Waals surface area contributed by atoms with Crippen LogP contribution in [0.2, 0.25) is 5.02 Å². The van der Waals surface area contributed by atoms with Gasteiger partial charge in [0.25, 0.3) is 0 Å². The van der Waals surface area contributed by atoms with E-state index in [4.69, 9.17) is 11.6 Å².